The van der Waals surface area contributed by atoms with Gasteiger partial charge < -0.3 is 9.73 Å². The van der Waals surface area contributed by atoms with Crippen molar-refractivity contribution in [3.63, 3.8) is 0 Å². The van der Waals surface area contributed by atoms with Crippen molar-refractivity contribution >= 4 is 11.7 Å². The average Bonchev–Trinajstić information content (AvgIpc) is 3.01. The fourth-order valence-electron chi connectivity index (χ4n) is 2.80. The number of rotatable bonds is 7. The van der Waals surface area contributed by atoms with Gasteiger partial charge in [-0.3, -0.25) is 14.5 Å². The molecule has 1 aliphatic rings. The average molecular weight is 328 g/mol. The van der Waals surface area contributed by atoms with Crippen molar-refractivity contribution in [1.82, 2.24) is 10.2 Å². The normalized spacial score (nSPS) is 18.1. The lowest BCUT2D eigenvalue weighted by molar-refractivity contribution is -0.127. The fourth-order valence-corrected chi connectivity index (χ4v) is 2.80. The number of halogens is 2. The standard InChI is InChI=1S/C16H22F2N2O3/c1-11(9-13(21)14-3-2-8-23-14)19-16(22)12-4-6-20(7-5-12)10-15(17)18/h2-3,8,11-12,15H,4-7,9-10H2,1H3,(H,19,22)/t11-/m0/s1. The Labute approximate surface area is 134 Å². The first-order valence-electron chi connectivity index (χ1n) is 7.83. The molecule has 23 heavy (non-hydrogen) atoms. The van der Waals surface area contributed by atoms with Crippen LogP contribution in [0.2, 0.25) is 0 Å². The number of hydrogen-bond donors (Lipinski definition) is 1. The van der Waals surface area contributed by atoms with Crippen molar-refractivity contribution in [3.8, 4) is 0 Å². The number of likely N-dealkylation sites (tertiary alicyclic amines) is 1. The molecule has 1 N–H and O–H groups in total. The number of amides is 1. The van der Waals surface area contributed by atoms with Gasteiger partial charge in [-0.15, -0.1) is 0 Å². The molecule has 5 nitrogen and oxygen atoms in total. The van der Waals surface area contributed by atoms with Gasteiger partial charge in [0.25, 0.3) is 6.43 Å². The van der Waals surface area contributed by atoms with Gasteiger partial charge in [0.15, 0.2) is 11.5 Å². The van der Waals surface area contributed by atoms with E-state index in [2.05, 4.69) is 5.32 Å². The molecule has 7 heteroatoms. The number of Topliss-reactive ketones (excluding diaryl/α,β-unsaturated/α-hetero) is 1. The Morgan fingerprint density at radius 2 is 2.09 bits per heavy atom. The molecule has 1 aromatic heterocycles. The first-order chi connectivity index (χ1) is 11.0. The second-order valence-electron chi connectivity index (χ2n) is 5.98. The number of hydrogen-bond acceptors (Lipinski definition) is 4. The van der Waals surface area contributed by atoms with E-state index in [1.54, 1.807) is 24.0 Å². The predicted molar refractivity (Wildman–Crippen MR) is 80.4 cm³/mol. The zero-order valence-corrected chi connectivity index (χ0v) is 13.1. The van der Waals surface area contributed by atoms with Gasteiger partial charge >= 0.3 is 0 Å². The molecule has 0 spiro atoms. The quantitative estimate of drug-likeness (QED) is 0.781. The molecule has 2 heterocycles. The maximum absolute atomic E-state index is 12.3. The molecule has 0 unspecified atom stereocenters. The first kappa shape index (κ1) is 17.6. The molecule has 1 atom stereocenters. The largest absolute Gasteiger partial charge is 0.461 e. The lowest BCUT2D eigenvalue weighted by Crippen LogP contribution is -2.44. The highest BCUT2D eigenvalue weighted by molar-refractivity contribution is 5.94. The Kier molecular flexibility index (Phi) is 6.27. The maximum atomic E-state index is 12.3. The second kappa shape index (κ2) is 8.19. The first-order valence-corrected chi connectivity index (χ1v) is 7.83. The van der Waals surface area contributed by atoms with Gasteiger partial charge in [0.05, 0.1) is 12.8 Å². The molecule has 1 fully saturated rings. The van der Waals surface area contributed by atoms with E-state index in [4.69, 9.17) is 4.42 Å². The zero-order valence-electron chi connectivity index (χ0n) is 13.1. The second-order valence-corrected chi connectivity index (χ2v) is 5.98. The molecular weight excluding hydrogens is 306 g/mol. The number of carbonyl (C=O) groups is 2. The van der Waals surface area contributed by atoms with E-state index < -0.39 is 6.43 Å². The monoisotopic (exact) mass is 328 g/mol. The van der Waals surface area contributed by atoms with Gasteiger partial charge in [-0.05, 0) is 45.0 Å². The number of piperidine rings is 1. The molecule has 2 rings (SSSR count). The molecule has 0 aromatic carbocycles. The van der Waals surface area contributed by atoms with E-state index >= 15 is 0 Å². The Hall–Kier alpha value is -1.76. The van der Waals surface area contributed by atoms with Crippen LogP contribution in [0.5, 0.6) is 0 Å². The number of nitrogens with one attached hydrogen (secondary N) is 1. The number of nitrogens with zero attached hydrogens (tertiary/aromatic N) is 1. The van der Waals surface area contributed by atoms with Crippen molar-refractivity contribution in [2.45, 2.75) is 38.7 Å². The van der Waals surface area contributed by atoms with E-state index in [9.17, 15) is 18.4 Å². The van der Waals surface area contributed by atoms with E-state index in [-0.39, 0.29) is 42.4 Å². The number of alkyl halides is 2. The Morgan fingerprint density at radius 3 is 2.65 bits per heavy atom. The van der Waals surface area contributed by atoms with E-state index in [0.717, 1.165) is 0 Å². The van der Waals surface area contributed by atoms with Crippen LogP contribution in [0.15, 0.2) is 22.8 Å². The van der Waals surface area contributed by atoms with Crippen molar-refractivity contribution in [1.29, 1.82) is 0 Å². The molecule has 0 radical (unpaired) electrons. The minimum Gasteiger partial charge on any atom is -0.461 e. The third-order valence-corrected chi connectivity index (χ3v) is 4.03. The number of ketones is 1. The van der Waals surface area contributed by atoms with Crippen LogP contribution in [-0.2, 0) is 4.79 Å². The van der Waals surface area contributed by atoms with Gasteiger partial charge in [0.1, 0.15) is 0 Å². The third-order valence-electron chi connectivity index (χ3n) is 4.03. The number of carbonyl (C=O) groups excluding carboxylic acids is 2. The summed E-state index contributed by atoms with van der Waals surface area (Å²) in [5, 5.41) is 2.83. The summed E-state index contributed by atoms with van der Waals surface area (Å²) in [7, 11) is 0. The summed E-state index contributed by atoms with van der Waals surface area (Å²) in [6.45, 7) is 2.54. The predicted octanol–water partition coefficient (Wildman–Crippen LogP) is 2.33. The summed E-state index contributed by atoms with van der Waals surface area (Å²) in [5.41, 5.74) is 0. The van der Waals surface area contributed by atoms with Crippen molar-refractivity contribution in [2.75, 3.05) is 19.6 Å². The molecule has 0 saturated carbocycles. The van der Waals surface area contributed by atoms with Crippen LogP contribution >= 0.6 is 0 Å². The van der Waals surface area contributed by atoms with E-state index in [1.165, 1.54) is 6.26 Å². The summed E-state index contributed by atoms with van der Waals surface area (Å²) in [4.78, 5) is 25.8. The SMILES string of the molecule is C[C@@H](CC(=O)c1ccco1)NC(=O)C1CCN(CC(F)F)CC1. The van der Waals surface area contributed by atoms with Gasteiger partial charge in [-0.25, -0.2) is 8.78 Å². The van der Waals surface area contributed by atoms with Crippen LogP contribution in [0.3, 0.4) is 0 Å². The molecule has 0 bridgehead atoms. The van der Waals surface area contributed by atoms with Gasteiger partial charge in [0.2, 0.25) is 5.91 Å². The molecule has 128 valence electrons. The maximum Gasteiger partial charge on any atom is 0.251 e. The highest BCUT2D eigenvalue weighted by atomic mass is 19.3. The number of furan rings is 1. The molecule has 1 amide bonds. The van der Waals surface area contributed by atoms with Gasteiger partial charge in [-0.1, -0.05) is 0 Å². The van der Waals surface area contributed by atoms with E-state index in [0.29, 0.717) is 25.9 Å². The molecule has 0 aliphatic carbocycles. The van der Waals surface area contributed by atoms with Crippen LogP contribution in [-0.4, -0.2) is 48.7 Å². The zero-order chi connectivity index (χ0) is 16.8. The lowest BCUT2D eigenvalue weighted by Gasteiger charge is -2.31. The highest BCUT2D eigenvalue weighted by Gasteiger charge is 2.27. The van der Waals surface area contributed by atoms with Crippen molar-refractivity contribution in [3.05, 3.63) is 24.2 Å². The summed E-state index contributed by atoms with van der Waals surface area (Å²) < 4.78 is 29.7. The minimum absolute atomic E-state index is 0.110. The summed E-state index contributed by atoms with van der Waals surface area (Å²) in [6.07, 6.45) is 0.398. The highest BCUT2D eigenvalue weighted by Crippen LogP contribution is 2.18. The molecule has 1 aromatic rings. The Morgan fingerprint density at radius 1 is 1.39 bits per heavy atom. The Bertz CT molecular complexity index is 511. The molecule has 1 aliphatic heterocycles. The van der Waals surface area contributed by atoms with Crippen LogP contribution in [0.4, 0.5) is 8.78 Å². The van der Waals surface area contributed by atoms with Crippen LogP contribution < -0.4 is 5.32 Å². The Balaban J connectivity index is 1.73. The lowest BCUT2D eigenvalue weighted by atomic mass is 9.95. The summed E-state index contributed by atoms with van der Waals surface area (Å²) in [6, 6.07) is 2.94. The van der Waals surface area contributed by atoms with Gasteiger partial charge in [-0.2, -0.15) is 0 Å². The van der Waals surface area contributed by atoms with Crippen LogP contribution in [0.25, 0.3) is 0 Å². The van der Waals surface area contributed by atoms with E-state index in [1.807, 2.05) is 0 Å². The summed E-state index contributed by atoms with van der Waals surface area (Å²) >= 11 is 0. The van der Waals surface area contributed by atoms with Crippen LogP contribution in [0.1, 0.15) is 36.7 Å². The van der Waals surface area contributed by atoms with Crippen molar-refractivity contribution in [2.24, 2.45) is 5.92 Å². The molecule has 1 saturated heterocycles. The van der Waals surface area contributed by atoms with Gasteiger partial charge in [0, 0.05) is 18.4 Å². The topological polar surface area (TPSA) is 62.6 Å². The minimum atomic E-state index is -2.34. The smallest absolute Gasteiger partial charge is 0.251 e. The van der Waals surface area contributed by atoms with Crippen molar-refractivity contribution < 1.29 is 22.8 Å². The third kappa shape index (κ3) is 5.42. The molecular formula is C16H22F2N2O3. The fraction of sp³-hybridized carbons (Fsp3) is 0.625. The summed E-state index contributed by atoms with van der Waals surface area (Å²) in [5.74, 6) is -0.160. The van der Waals surface area contributed by atoms with Crippen LogP contribution in [0, 0.1) is 5.92 Å².